The molecule has 1 N–H and O–H groups in total. The molecule has 0 amide bonds. The number of hydrogen-bond donors (Lipinski definition) is 1. The minimum absolute atomic E-state index is 0.0512. The maximum Gasteiger partial charge on any atom is 0.439 e. The van der Waals surface area contributed by atoms with E-state index in [0.717, 1.165) is 6.42 Å². The molecule has 2 aliphatic rings. The fraction of sp³-hybridized carbons (Fsp3) is 0.533. The van der Waals surface area contributed by atoms with Crippen molar-refractivity contribution in [2.24, 2.45) is 11.0 Å². The number of benzene rings is 1. The van der Waals surface area contributed by atoms with E-state index in [1.165, 1.54) is 24.3 Å². The highest BCUT2D eigenvalue weighted by atomic mass is 32.2. The van der Waals surface area contributed by atoms with E-state index in [1.54, 1.807) is 6.07 Å². The second kappa shape index (κ2) is 5.73. The topological polar surface area (TPSA) is 70.0 Å². The third kappa shape index (κ3) is 2.50. The van der Waals surface area contributed by atoms with E-state index in [0.29, 0.717) is 12.8 Å². The van der Waals surface area contributed by atoms with Gasteiger partial charge in [0, 0.05) is 5.71 Å². The number of hydrazone groups is 1. The Morgan fingerprint density at radius 3 is 2.46 bits per heavy atom. The molecule has 9 heteroatoms. The number of aliphatic hydroxyl groups is 1. The van der Waals surface area contributed by atoms with E-state index in [2.05, 4.69) is 5.10 Å². The molecule has 0 bridgehead atoms. The molecule has 2 unspecified atom stereocenters. The normalized spacial score (nSPS) is 28.2. The van der Waals surface area contributed by atoms with Crippen LogP contribution in [0, 0.1) is 5.92 Å². The molecule has 5 nitrogen and oxygen atoms in total. The average molecular weight is 362 g/mol. The van der Waals surface area contributed by atoms with Crippen LogP contribution in [0.25, 0.3) is 0 Å². The minimum Gasteiger partial charge on any atom is -0.361 e. The van der Waals surface area contributed by atoms with Crippen molar-refractivity contribution in [3.05, 3.63) is 30.3 Å². The first-order valence-electron chi connectivity index (χ1n) is 7.66. The molecule has 132 valence electrons. The van der Waals surface area contributed by atoms with Crippen LogP contribution in [0.1, 0.15) is 32.1 Å². The summed E-state index contributed by atoms with van der Waals surface area (Å²) in [6.45, 7) is 0. The smallest absolute Gasteiger partial charge is 0.361 e. The molecule has 0 saturated heterocycles. The summed E-state index contributed by atoms with van der Waals surface area (Å²) in [6, 6.07) is 6.72. The lowest BCUT2D eigenvalue weighted by Crippen LogP contribution is -2.60. The Morgan fingerprint density at radius 1 is 1.17 bits per heavy atom. The molecular weight excluding hydrogens is 345 g/mol. The molecule has 1 heterocycles. The van der Waals surface area contributed by atoms with Crippen LogP contribution >= 0.6 is 0 Å². The number of sulfonamides is 1. The van der Waals surface area contributed by atoms with Crippen LogP contribution < -0.4 is 0 Å². The van der Waals surface area contributed by atoms with Gasteiger partial charge in [-0.15, -0.1) is 4.41 Å². The summed E-state index contributed by atoms with van der Waals surface area (Å²) < 4.78 is 66.4. The molecule has 1 fully saturated rings. The van der Waals surface area contributed by atoms with E-state index >= 15 is 0 Å². The van der Waals surface area contributed by atoms with Crippen molar-refractivity contribution in [2.75, 3.05) is 0 Å². The van der Waals surface area contributed by atoms with Crippen molar-refractivity contribution in [1.29, 1.82) is 0 Å². The summed E-state index contributed by atoms with van der Waals surface area (Å²) in [5, 5.41) is 14.2. The predicted molar refractivity (Wildman–Crippen MR) is 80.5 cm³/mol. The maximum atomic E-state index is 13.7. The fourth-order valence-corrected chi connectivity index (χ4v) is 4.80. The van der Waals surface area contributed by atoms with Gasteiger partial charge in [-0.25, -0.2) is 0 Å². The largest absolute Gasteiger partial charge is 0.439 e. The lowest BCUT2D eigenvalue weighted by atomic mass is 9.88. The summed E-state index contributed by atoms with van der Waals surface area (Å²) in [7, 11) is -4.62. The van der Waals surface area contributed by atoms with Gasteiger partial charge < -0.3 is 5.11 Å². The minimum atomic E-state index is -5.16. The first-order valence-corrected chi connectivity index (χ1v) is 9.10. The summed E-state index contributed by atoms with van der Waals surface area (Å²) >= 11 is 0. The Hall–Kier alpha value is -1.61. The first-order chi connectivity index (χ1) is 11.2. The third-order valence-corrected chi connectivity index (χ3v) is 6.19. The molecule has 1 saturated carbocycles. The predicted octanol–water partition coefficient (Wildman–Crippen LogP) is 2.88. The van der Waals surface area contributed by atoms with Crippen LogP contribution in [0.2, 0.25) is 0 Å². The molecule has 3 rings (SSSR count). The number of alkyl halides is 3. The van der Waals surface area contributed by atoms with Gasteiger partial charge in [-0.3, -0.25) is 0 Å². The lowest BCUT2D eigenvalue weighted by Gasteiger charge is -2.37. The number of nitrogens with zero attached hydrogens (tertiary/aromatic N) is 2. The fourth-order valence-electron chi connectivity index (χ4n) is 3.29. The molecular formula is C15H17F3N2O3S. The SMILES string of the molecule is O=S(=O)(c1ccccc1)N1N=C2CCCCCC2C1(O)C(F)(F)F. The summed E-state index contributed by atoms with van der Waals surface area (Å²) in [5.74, 6) is -1.36. The maximum absolute atomic E-state index is 13.7. The second-order valence-corrected chi connectivity index (χ2v) is 7.80. The van der Waals surface area contributed by atoms with Crippen molar-refractivity contribution in [2.45, 2.75) is 48.9 Å². The monoisotopic (exact) mass is 362 g/mol. The van der Waals surface area contributed by atoms with Gasteiger partial charge in [-0.1, -0.05) is 31.0 Å². The molecule has 0 aromatic heterocycles. The van der Waals surface area contributed by atoms with Gasteiger partial charge >= 0.3 is 6.18 Å². The van der Waals surface area contributed by atoms with E-state index in [4.69, 9.17) is 0 Å². The molecule has 1 aromatic rings. The van der Waals surface area contributed by atoms with Crippen LogP contribution in [0.3, 0.4) is 0 Å². The summed E-state index contributed by atoms with van der Waals surface area (Å²) in [4.78, 5) is -0.339. The Morgan fingerprint density at radius 2 is 1.83 bits per heavy atom. The molecule has 0 radical (unpaired) electrons. The van der Waals surface area contributed by atoms with Gasteiger partial charge in [0.2, 0.25) is 0 Å². The zero-order valence-electron chi connectivity index (χ0n) is 12.7. The van der Waals surface area contributed by atoms with Gasteiger partial charge in [0.05, 0.1) is 10.8 Å². The second-order valence-electron chi connectivity index (χ2n) is 6.03. The molecule has 24 heavy (non-hydrogen) atoms. The standard InChI is InChI=1S/C15H17F3N2O3S/c16-15(17,18)14(21)12-9-5-2-6-10-13(12)19-20(14)24(22,23)11-7-3-1-4-8-11/h1,3-4,7-8,12,21H,2,5-6,9-10H2. The Balaban J connectivity index is 2.14. The lowest BCUT2D eigenvalue weighted by molar-refractivity contribution is -0.306. The van der Waals surface area contributed by atoms with Crippen molar-refractivity contribution in [1.82, 2.24) is 4.41 Å². The Labute approximate surface area is 137 Å². The van der Waals surface area contributed by atoms with Gasteiger partial charge in [-0.2, -0.15) is 26.7 Å². The van der Waals surface area contributed by atoms with Gasteiger partial charge in [0.1, 0.15) is 0 Å². The van der Waals surface area contributed by atoms with E-state index < -0.39 is 27.8 Å². The van der Waals surface area contributed by atoms with E-state index in [1.807, 2.05) is 0 Å². The molecule has 2 atom stereocenters. The van der Waals surface area contributed by atoms with E-state index in [-0.39, 0.29) is 27.9 Å². The highest BCUT2D eigenvalue weighted by molar-refractivity contribution is 7.89. The summed E-state index contributed by atoms with van der Waals surface area (Å²) in [6.07, 6.45) is -3.01. The van der Waals surface area contributed by atoms with Crippen LogP contribution in [0.5, 0.6) is 0 Å². The molecule has 1 aliphatic carbocycles. The zero-order valence-corrected chi connectivity index (χ0v) is 13.5. The van der Waals surface area contributed by atoms with Crippen LogP contribution in [0.4, 0.5) is 13.2 Å². The summed E-state index contributed by atoms with van der Waals surface area (Å²) in [5.41, 5.74) is -3.44. The van der Waals surface area contributed by atoms with E-state index in [9.17, 15) is 26.7 Å². The van der Waals surface area contributed by atoms with Crippen molar-refractivity contribution < 1.29 is 26.7 Å². The number of halogens is 3. The number of fused-ring (bicyclic) bond motifs is 1. The Bertz CT molecular complexity index is 749. The third-order valence-electron chi connectivity index (χ3n) is 4.51. The number of hydrogen-bond acceptors (Lipinski definition) is 4. The van der Waals surface area contributed by atoms with Crippen molar-refractivity contribution in [3.63, 3.8) is 0 Å². The quantitative estimate of drug-likeness (QED) is 0.879. The van der Waals surface area contributed by atoms with Crippen LogP contribution in [-0.4, -0.2) is 35.6 Å². The number of rotatable bonds is 2. The average Bonchev–Trinajstić information content (AvgIpc) is 2.69. The zero-order chi connectivity index (χ0) is 17.6. The van der Waals surface area contributed by atoms with Gasteiger partial charge in [0.15, 0.2) is 0 Å². The highest BCUT2D eigenvalue weighted by Gasteiger charge is 2.69. The Kier molecular flexibility index (Phi) is 4.11. The van der Waals surface area contributed by atoms with Crippen LogP contribution in [-0.2, 0) is 10.0 Å². The van der Waals surface area contributed by atoms with Crippen molar-refractivity contribution >= 4 is 15.7 Å². The van der Waals surface area contributed by atoms with Crippen LogP contribution in [0.15, 0.2) is 40.3 Å². The highest BCUT2D eigenvalue weighted by Crippen LogP contribution is 2.49. The molecule has 0 spiro atoms. The first kappa shape index (κ1) is 17.2. The van der Waals surface area contributed by atoms with Crippen molar-refractivity contribution in [3.8, 4) is 0 Å². The molecule has 1 aromatic carbocycles. The van der Waals surface area contributed by atoms with Gasteiger partial charge in [-0.05, 0) is 31.4 Å². The molecule has 1 aliphatic heterocycles. The van der Waals surface area contributed by atoms with Gasteiger partial charge in [0.25, 0.3) is 15.7 Å².